The van der Waals surface area contributed by atoms with E-state index in [-0.39, 0.29) is 12.0 Å². The first-order valence-electron chi connectivity index (χ1n) is 7.09. The van der Waals surface area contributed by atoms with E-state index >= 15 is 0 Å². The normalized spacial score (nSPS) is 17.9. The quantitative estimate of drug-likeness (QED) is 0.742. The second-order valence-corrected chi connectivity index (χ2v) is 6.23. The molecule has 1 aliphatic rings. The highest BCUT2D eigenvalue weighted by molar-refractivity contribution is 9.10. The van der Waals surface area contributed by atoms with Crippen molar-refractivity contribution in [3.05, 3.63) is 33.3 Å². The number of nitrogens with one attached hydrogen (secondary N) is 1. The lowest BCUT2D eigenvalue weighted by Gasteiger charge is -2.10. The highest BCUT2D eigenvalue weighted by Gasteiger charge is 2.15. The maximum absolute atomic E-state index is 12.0. The SMILES string of the molecule is O=C(NCCCOCC1CCCO1)c1cc(Cl)ccc1Br. The van der Waals surface area contributed by atoms with Gasteiger partial charge >= 0.3 is 0 Å². The molecule has 1 aliphatic heterocycles. The van der Waals surface area contributed by atoms with Crippen LogP contribution >= 0.6 is 27.5 Å². The van der Waals surface area contributed by atoms with Crippen molar-refractivity contribution < 1.29 is 14.3 Å². The molecule has 1 atom stereocenters. The van der Waals surface area contributed by atoms with Crippen molar-refractivity contribution in [3.8, 4) is 0 Å². The van der Waals surface area contributed by atoms with Crippen molar-refractivity contribution in [2.45, 2.75) is 25.4 Å². The zero-order valence-corrected chi connectivity index (χ0v) is 14.1. The highest BCUT2D eigenvalue weighted by Crippen LogP contribution is 2.20. The first kappa shape index (κ1) is 16.7. The van der Waals surface area contributed by atoms with E-state index in [0.29, 0.717) is 30.3 Å². The van der Waals surface area contributed by atoms with E-state index in [0.717, 1.165) is 30.3 Å². The van der Waals surface area contributed by atoms with Gasteiger partial charge in [-0.1, -0.05) is 11.6 Å². The molecule has 1 amide bonds. The van der Waals surface area contributed by atoms with Crippen molar-refractivity contribution in [2.24, 2.45) is 0 Å². The number of hydrogen-bond donors (Lipinski definition) is 1. The molecule has 21 heavy (non-hydrogen) atoms. The summed E-state index contributed by atoms with van der Waals surface area (Å²) in [6.45, 7) is 2.69. The number of ether oxygens (including phenoxy) is 2. The third-order valence-corrected chi connectivity index (χ3v) is 4.18. The van der Waals surface area contributed by atoms with Gasteiger partial charge in [0.05, 0.1) is 18.3 Å². The van der Waals surface area contributed by atoms with E-state index < -0.39 is 0 Å². The molecule has 1 aromatic rings. The molecule has 116 valence electrons. The van der Waals surface area contributed by atoms with Crippen LogP contribution < -0.4 is 5.32 Å². The number of halogens is 2. The Morgan fingerprint density at radius 1 is 1.52 bits per heavy atom. The minimum atomic E-state index is -0.136. The molecule has 0 saturated carbocycles. The fourth-order valence-corrected chi connectivity index (χ4v) is 2.73. The first-order valence-corrected chi connectivity index (χ1v) is 8.26. The van der Waals surface area contributed by atoms with Crippen molar-refractivity contribution >= 4 is 33.4 Å². The van der Waals surface area contributed by atoms with Crippen LogP contribution in [0.15, 0.2) is 22.7 Å². The molecule has 1 N–H and O–H groups in total. The largest absolute Gasteiger partial charge is 0.379 e. The molecular formula is C15H19BrClNO3. The van der Waals surface area contributed by atoms with Crippen LogP contribution in [0.5, 0.6) is 0 Å². The predicted molar refractivity (Wildman–Crippen MR) is 85.9 cm³/mol. The first-order chi connectivity index (χ1) is 10.2. The Bertz CT molecular complexity index is 478. The van der Waals surface area contributed by atoms with E-state index in [1.807, 2.05) is 0 Å². The Hall–Kier alpha value is -0.620. The second-order valence-electron chi connectivity index (χ2n) is 4.94. The van der Waals surface area contributed by atoms with Gasteiger partial charge in [-0.2, -0.15) is 0 Å². The van der Waals surface area contributed by atoms with Crippen LogP contribution in [0.2, 0.25) is 5.02 Å². The smallest absolute Gasteiger partial charge is 0.252 e. The van der Waals surface area contributed by atoms with Gasteiger partial charge in [-0.3, -0.25) is 4.79 Å². The molecule has 1 saturated heterocycles. The summed E-state index contributed by atoms with van der Waals surface area (Å²) >= 11 is 9.24. The molecule has 4 nitrogen and oxygen atoms in total. The van der Waals surface area contributed by atoms with Gasteiger partial charge in [0, 0.05) is 29.3 Å². The van der Waals surface area contributed by atoms with Crippen molar-refractivity contribution in [3.63, 3.8) is 0 Å². The topological polar surface area (TPSA) is 47.6 Å². The number of carbonyl (C=O) groups is 1. The maximum Gasteiger partial charge on any atom is 0.252 e. The van der Waals surface area contributed by atoms with Crippen molar-refractivity contribution in [1.29, 1.82) is 0 Å². The van der Waals surface area contributed by atoms with Gasteiger partial charge in [-0.15, -0.1) is 0 Å². The molecule has 1 fully saturated rings. The lowest BCUT2D eigenvalue weighted by atomic mass is 10.2. The number of benzene rings is 1. The van der Waals surface area contributed by atoms with Crippen molar-refractivity contribution in [2.75, 3.05) is 26.4 Å². The average molecular weight is 377 g/mol. The van der Waals surface area contributed by atoms with Gasteiger partial charge in [-0.05, 0) is 53.4 Å². The zero-order valence-electron chi connectivity index (χ0n) is 11.7. The molecule has 0 aromatic heterocycles. The molecule has 1 unspecified atom stereocenters. The average Bonchev–Trinajstić information content (AvgIpc) is 2.98. The van der Waals surface area contributed by atoms with Gasteiger partial charge in [0.25, 0.3) is 5.91 Å². The number of amides is 1. The Morgan fingerprint density at radius 3 is 3.14 bits per heavy atom. The second kappa shape index (κ2) is 8.73. The van der Waals surface area contributed by atoms with E-state index in [1.165, 1.54) is 0 Å². The third kappa shape index (κ3) is 5.58. The van der Waals surface area contributed by atoms with E-state index in [1.54, 1.807) is 18.2 Å². The summed E-state index contributed by atoms with van der Waals surface area (Å²) in [5.41, 5.74) is 0.544. The van der Waals surface area contributed by atoms with E-state index in [2.05, 4.69) is 21.2 Å². The fraction of sp³-hybridized carbons (Fsp3) is 0.533. The van der Waals surface area contributed by atoms with E-state index in [4.69, 9.17) is 21.1 Å². The molecule has 0 aliphatic carbocycles. The summed E-state index contributed by atoms with van der Waals surface area (Å²) in [7, 11) is 0. The Balaban J connectivity index is 1.61. The molecule has 0 bridgehead atoms. The molecule has 6 heteroatoms. The number of hydrogen-bond acceptors (Lipinski definition) is 3. The third-order valence-electron chi connectivity index (χ3n) is 3.25. The van der Waals surface area contributed by atoms with Crippen LogP contribution in [-0.2, 0) is 9.47 Å². The van der Waals surface area contributed by atoms with Gasteiger partial charge in [0.1, 0.15) is 0 Å². The fourth-order valence-electron chi connectivity index (χ4n) is 2.13. The van der Waals surface area contributed by atoms with E-state index in [9.17, 15) is 4.79 Å². The molecule has 1 heterocycles. The van der Waals surface area contributed by atoms with Crippen LogP contribution in [0, 0.1) is 0 Å². The van der Waals surface area contributed by atoms with Gasteiger partial charge in [-0.25, -0.2) is 0 Å². The summed E-state index contributed by atoms with van der Waals surface area (Å²) in [6, 6.07) is 5.15. The number of rotatable bonds is 7. The minimum absolute atomic E-state index is 0.136. The van der Waals surface area contributed by atoms with Crippen LogP contribution in [0.1, 0.15) is 29.6 Å². The molecule has 0 spiro atoms. The minimum Gasteiger partial charge on any atom is -0.379 e. The van der Waals surface area contributed by atoms with Crippen LogP contribution in [-0.4, -0.2) is 38.4 Å². The van der Waals surface area contributed by atoms with Crippen LogP contribution in [0.3, 0.4) is 0 Å². The summed E-state index contributed by atoms with van der Waals surface area (Å²) in [5, 5.41) is 3.40. The number of carbonyl (C=O) groups excluding carboxylic acids is 1. The predicted octanol–water partition coefficient (Wildman–Crippen LogP) is 3.42. The Morgan fingerprint density at radius 2 is 2.38 bits per heavy atom. The van der Waals surface area contributed by atoms with Gasteiger partial charge in [0.15, 0.2) is 0 Å². The van der Waals surface area contributed by atoms with Crippen LogP contribution in [0.4, 0.5) is 0 Å². The molecule has 2 rings (SSSR count). The van der Waals surface area contributed by atoms with Crippen molar-refractivity contribution in [1.82, 2.24) is 5.32 Å². The van der Waals surface area contributed by atoms with Gasteiger partial charge < -0.3 is 14.8 Å². The van der Waals surface area contributed by atoms with Crippen LogP contribution in [0.25, 0.3) is 0 Å². The van der Waals surface area contributed by atoms with Gasteiger partial charge in [0.2, 0.25) is 0 Å². The lowest BCUT2D eigenvalue weighted by molar-refractivity contribution is 0.0166. The summed E-state index contributed by atoms with van der Waals surface area (Å²) < 4.78 is 11.7. The standard InChI is InChI=1S/C15H19BrClNO3/c16-14-5-4-11(17)9-13(14)15(19)18-6-2-7-20-10-12-3-1-8-21-12/h4-5,9,12H,1-3,6-8,10H2,(H,18,19). The monoisotopic (exact) mass is 375 g/mol. The summed E-state index contributed by atoms with van der Waals surface area (Å²) in [4.78, 5) is 12.0. The highest BCUT2D eigenvalue weighted by atomic mass is 79.9. The summed E-state index contributed by atoms with van der Waals surface area (Å²) in [5.74, 6) is -0.136. The Labute approximate surface area is 138 Å². The Kier molecular flexibility index (Phi) is 6.96. The zero-order chi connectivity index (χ0) is 15.1. The molecule has 1 aromatic carbocycles. The maximum atomic E-state index is 12.0. The molecular weight excluding hydrogens is 358 g/mol. The summed E-state index contributed by atoms with van der Waals surface area (Å²) in [6.07, 6.45) is 3.23. The lowest BCUT2D eigenvalue weighted by Crippen LogP contribution is -2.26. The molecule has 0 radical (unpaired) electrons.